The van der Waals surface area contributed by atoms with Crippen molar-refractivity contribution in [3.8, 4) is 11.5 Å². The summed E-state index contributed by atoms with van der Waals surface area (Å²) in [5.41, 5.74) is -2.00. The molecule has 2 rings (SSSR count). The van der Waals surface area contributed by atoms with Gasteiger partial charge in [-0.25, -0.2) is 0 Å². The molecule has 7 heteroatoms. The molecule has 0 saturated heterocycles. The Morgan fingerprint density at radius 1 is 1.00 bits per heavy atom. The highest BCUT2D eigenvalue weighted by molar-refractivity contribution is 5.31. The zero-order valence-electron chi connectivity index (χ0n) is 14.6. The fourth-order valence-corrected chi connectivity index (χ4v) is 2.38. The van der Waals surface area contributed by atoms with Crippen LogP contribution in [0.15, 0.2) is 48.5 Å². The highest BCUT2D eigenvalue weighted by Crippen LogP contribution is 2.31. The third kappa shape index (κ3) is 5.64. The van der Waals surface area contributed by atoms with E-state index in [1.165, 1.54) is 19.1 Å². The van der Waals surface area contributed by atoms with Crippen LogP contribution in [0, 0.1) is 0 Å². The van der Waals surface area contributed by atoms with Crippen LogP contribution < -0.4 is 14.8 Å². The number of halogens is 3. The van der Waals surface area contributed by atoms with Crippen LogP contribution in [0.2, 0.25) is 0 Å². The second kappa shape index (κ2) is 8.42. The summed E-state index contributed by atoms with van der Waals surface area (Å²) in [4.78, 5) is 0. The molecule has 0 saturated carbocycles. The fraction of sp³-hybridized carbons (Fsp3) is 0.368. The van der Waals surface area contributed by atoms with Crippen LogP contribution in [0.25, 0.3) is 0 Å². The van der Waals surface area contributed by atoms with E-state index in [-0.39, 0.29) is 12.1 Å². The number of hydrogen-bond acceptors (Lipinski definition) is 4. The summed E-state index contributed by atoms with van der Waals surface area (Å²) in [7, 11) is 1.58. The molecule has 0 bridgehead atoms. The van der Waals surface area contributed by atoms with Gasteiger partial charge < -0.3 is 19.9 Å². The summed E-state index contributed by atoms with van der Waals surface area (Å²) in [5, 5.41) is 13.5. The summed E-state index contributed by atoms with van der Waals surface area (Å²) in [6.45, 7) is 2.35. The number of nitrogens with one attached hydrogen (secondary N) is 1. The van der Waals surface area contributed by atoms with Gasteiger partial charge in [0.1, 0.15) is 18.1 Å². The standard InChI is InChI=1S/C19H22F3NO3/c1-18(24,14-4-3-5-15(12-14)19(20,21)22)13-23-10-11-26-17-8-6-16(25-2)7-9-17/h3-9,12,23-24H,10-11,13H2,1-2H3. The van der Waals surface area contributed by atoms with Gasteiger partial charge in [0, 0.05) is 13.1 Å². The van der Waals surface area contributed by atoms with E-state index >= 15 is 0 Å². The lowest BCUT2D eigenvalue weighted by Crippen LogP contribution is -2.37. The van der Waals surface area contributed by atoms with Crippen LogP contribution in [0.1, 0.15) is 18.1 Å². The summed E-state index contributed by atoms with van der Waals surface area (Å²) in [6.07, 6.45) is -4.44. The average Bonchev–Trinajstić information content (AvgIpc) is 2.61. The van der Waals surface area contributed by atoms with Crippen molar-refractivity contribution >= 4 is 0 Å². The number of aliphatic hydroxyl groups is 1. The third-order valence-corrected chi connectivity index (χ3v) is 3.89. The van der Waals surface area contributed by atoms with E-state index < -0.39 is 17.3 Å². The topological polar surface area (TPSA) is 50.7 Å². The Kier molecular flexibility index (Phi) is 6.50. The number of methoxy groups -OCH3 is 1. The minimum absolute atomic E-state index is 0.0975. The molecular weight excluding hydrogens is 347 g/mol. The van der Waals surface area contributed by atoms with Gasteiger partial charge in [-0.3, -0.25) is 0 Å². The van der Waals surface area contributed by atoms with Crippen molar-refractivity contribution in [3.63, 3.8) is 0 Å². The Morgan fingerprint density at radius 2 is 1.62 bits per heavy atom. The van der Waals surface area contributed by atoms with Crippen molar-refractivity contribution in [2.24, 2.45) is 0 Å². The van der Waals surface area contributed by atoms with Crippen molar-refractivity contribution in [2.45, 2.75) is 18.7 Å². The largest absolute Gasteiger partial charge is 0.497 e. The molecule has 4 nitrogen and oxygen atoms in total. The van der Waals surface area contributed by atoms with Gasteiger partial charge in [0.15, 0.2) is 0 Å². The van der Waals surface area contributed by atoms with E-state index in [9.17, 15) is 18.3 Å². The van der Waals surface area contributed by atoms with Crippen molar-refractivity contribution in [3.05, 3.63) is 59.7 Å². The number of alkyl halides is 3. The van der Waals surface area contributed by atoms with Gasteiger partial charge in [-0.1, -0.05) is 12.1 Å². The second-order valence-corrected chi connectivity index (χ2v) is 6.05. The van der Waals surface area contributed by atoms with Crippen LogP contribution in [0.3, 0.4) is 0 Å². The van der Waals surface area contributed by atoms with Gasteiger partial charge in [0.25, 0.3) is 0 Å². The van der Waals surface area contributed by atoms with E-state index in [0.717, 1.165) is 17.9 Å². The number of hydrogen-bond donors (Lipinski definition) is 2. The first-order valence-electron chi connectivity index (χ1n) is 8.10. The van der Waals surface area contributed by atoms with Crippen LogP contribution >= 0.6 is 0 Å². The molecule has 1 unspecified atom stereocenters. The number of rotatable bonds is 8. The van der Waals surface area contributed by atoms with Gasteiger partial charge in [-0.2, -0.15) is 13.2 Å². The maximum atomic E-state index is 12.8. The van der Waals surface area contributed by atoms with E-state index in [0.29, 0.717) is 18.9 Å². The first kappa shape index (κ1) is 20.1. The van der Waals surface area contributed by atoms with E-state index in [4.69, 9.17) is 9.47 Å². The predicted molar refractivity (Wildman–Crippen MR) is 92.4 cm³/mol. The molecule has 0 aliphatic carbocycles. The molecule has 2 aromatic carbocycles. The molecule has 2 N–H and O–H groups in total. The van der Waals surface area contributed by atoms with Crippen LogP contribution in [0.5, 0.6) is 11.5 Å². The minimum atomic E-state index is -4.44. The Hall–Kier alpha value is -2.25. The lowest BCUT2D eigenvalue weighted by molar-refractivity contribution is -0.137. The molecule has 0 amide bonds. The van der Waals surface area contributed by atoms with Crippen LogP contribution in [0.4, 0.5) is 13.2 Å². The third-order valence-electron chi connectivity index (χ3n) is 3.89. The van der Waals surface area contributed by atoms with Crippen LogP contribution in [-0.2, 0) is 11.8 Å². The first-order chi connectivity index (χ1) is 12.2. The second-order valence-electron chi connectivity index (χ2n) is 6.05. The normalized spacial score (nSPS) is 13.9. The SMILES string of the molecule is COc1ccc(OCCNCC(C)(O)c2cccc(C(F)(F)F)c2)cc1. The van der Waals surface area contributed by atoms with E-state index in [2.05, 4.69) is 5.32 Å². The monoisotopic (exact) mass is 369 g/mol. The van der Waals surface area contributed by atoms with Gasteiger partial charge in [0.05, 0.1) is 18.3 Å². The Labute approximate surface area is 150 Å². The highest BCUT2D eigenvalue weighted by Gasteiger charge is 2.32. The van der Waals surface area contributed by atoms with Crippen molar-refractivity contribution in [2.75, 3.05) is 26.8 Å². The Bertz CT molecular complexity index is 700. The summed E-state index contributed by atoms with van der Waals surface area (Å²) < 4.78 is 49.0. The predicted octanol–water partition coefficient (Wildman–Crippen LogP) is 3.59. The minimum Gasteiger partial charge on any atom is -0.497 e. The van der Waals surface area contributed by atoms with Gasteiger partial charge in [-0.15, -0.1) is 0 Å². The summed E-state index contributed by atoms with van der Waals surface area (Å²) in [6, 6.07) is 11.8. The average molecular weight is 369 g/mol. The lowest BCUT2D eigenvalue weighted by Gasteiger charge is -2.25. The summed E-state index contributed by atoms with van der Waals surface area (Å²) >= 11 is 0. The molecule has 0 aliphatic rings. The molecule has 0 heterocycles. The van der Waals surface area contributed by atoms with E-state index in [1.807, 2.05) is 0 Å². The lowest BCUT2D eigenvalue weighted by atomic mass is 9.94. The van der Waals surface area contributed by atoms with E-state index in [1.54, 1.807) is 31.4 Å². The molecule has 142 valence electrons. The number of ether oxygens (including phenoxy) is 2. The first-order valence-corrected chi connectivity index (χ1v) is 8.10. The van der Waals surface area contributed by atoms with Gasteiger partial charge in [0.2, 0.25) is 0 Å². The van der Waals surface area contributed by atoms with Gasteiger partial charge in [-0.05, 0) is 48.9 Å². The molecule has 0 spiro atoms. The molecule has 0 aromatic heterocycles. The molecule has 2 aromatic rings. The zero-order chi connectivity index (χ0) is 19.2. The quantitative estimate of drug-likeness (QED) is 0.699. The molecule has 0 aliphatic heterocycles. The molecule has 1 atom stereocenters. The maximum Gasteiger partial charge on any atom is 0.416 e. The maximum absolute atomic E-state index is 12.8. The molecule has 0 fully saturated rings. The van der Waals surface area contributed by atoms with Crippen molar-refractivity contribution in [1.29, 1.82) is 0 Å². The van der Waals surface area contributed by atoms with Gasteiger partial charge >= 0.3 is 6.18 Å². The Balaban J connectivity index is 1.82. The molecular formula is C19H22F3NO3. The van der Waals surface area contributed by atoms with Crippen molar-refractivity contribution < 1.29 is 27.8 Å². The zero-order valence-corrected chi connectivity index (χ0v) is 14.6. The molecule has 26 heavy (non-hydrogen) atoms. The highest BCUT2D eigenvalue weighted by atomic mass is 19.4. The fourth-order valence-electron chi connectivity index (χ4n) is 2.38. The molecule has 0 radical (unpaired) electrons. The number of benzene rings is 2. The summed E-state index contributed by atoms with van der Waals surface area (Å²) in [5.74, 6) is 1.41. The smallest absolute Gasteiger partial charge is 0.416 e. The van der Waals surface area contributed by atoms with Crippen LogP contribution in [-0.4, -0.2) is 31.9 Å². The Morgan fingerprint density at radius 3 is 2.23 bits per heavy atom. The van der Waals surface area contributed by atoms with Crippen molar-refractivity contribution in [1.82, 2.24) is 5.32 Å².